The molecule has 4 aromatic rings. The number of nitrogens with one attached hydrogen (secondary N) is 1. The Morgan fingerprint density at radius 3 is 2.57 bits per heavy atom. The minimum atomic E-state index is -0.296. The molecule has 0 atom stereocenters. The van der Waals surface area contributed by atoms with Gasteiger partial charge < -0.3 is 9.73 Å². The van der Waals surface area contributed by atoms with Crippen LogP contribution < -0.4 is 5.32 Å². The molecular formula is C22H16Cl2N2O2. The lowest BCUT2D eigenvalue weighted by atomic mass is 10.1. The van der Waals surface area contributed by atoms with Gasteiger partial charge in [0, 0.05) is 16.3 Å². The van der Waals surface area contributed by atoms with Gasteiger partial charge in [-0.1, -0.05) is 29.3 Å². The van der Waals surface area contributed by atoms with E-state index in [0.717, 1.165) is 27.8 Å². The van der Waals surface area contributed by atoms with Crippen molar-refractivity contribution in [2.45, 2.75) is 13.8 Å². The third kappa shape index (κ3) is 3.61. The minimum absolute atomic E-state index is 0.296. The first-order valence-electron chi connectivity index (χ1n) is 8.65. The first kappa shape index (κ1) is 18.5. The lowest BCUT2D eigenvalue weighted by Gasteiger charge is -2.10. The van der Waals surface area contributed by atoms with Crippen LogP contribution in [0.15, 0.2) is 59.0 Å². The van der Waals surface area contributed by atoms with Gasteiger partial charge in [0.2, 0.25) is 5.89 Å². The molecule has 0 aliphatic rings. The van der Waals surface area contributed by atoms with Gasteiger partial charge in [0.05, 0.1) is 10.6 Å². The zero-order chi connectivity index (χ0) is 19.8. The highest BCUT2D eigenvalue weighted by Crippen LogP contribution is 2.29. The van der Waals surface area contributed by atoms with Crippen LogP contribution in [0.1, 0.15) is 21.5 Å². The van der Waals surface area contributed by atoms with E-state index < -0.39 is 0 Å². The molecular weight excluding hydrogens is 395 g/mol. The number of halogens is 2. The molecule has 0 unspecified atom stereocenters. The van der Waals surface area contributed by atoms with Crippen molar-refractivity contribution in [3.05, 3.63) is 81.3 Å². The number of rotatable bonds is 3. The molecule has 0 aliphatic heterocycles. The molecule has 0 fully saturated rings. The zero-order valence-corrected chi connectivity index (χ0v) is 16.7. The second kappa shape index (κ2) is 7.30. The van der Waals surface area contributed by atoms with Crippen LogP contribution in [0, 0.1) is 13.8 Å². The quantitative estimate of drug-likeness (QED) is 0.410. The Morgan fingerprint density at radius 2 is 1.82 bits per heavy atom. The van der Waals surface area contributed by atoms with E-state index in [0.29, 0.717) is 27.2 Å². The maximum atomic E-state index is 12.5. The Bertz CT molecular complexity index is 1210. The van der Waals surface area contributed by atoms with Crippen molar-refractivity contribution in [2.24, 2.45) is 0 Å². The van der Waals surface area contributed by atoms with Crippen LogP contribution in [-0.2, 0) is 0 Å². The van der Waals surface area contributed by atoms with Crippen LogP contribution in [0.4, 0.5) is 5.69 Å². The number of amides is 1. The van der Waals surface area contributed by atoms with E-state index in [-0.39, 0.29) is 5.91 Å². The van der Waals surface area contributed by atoms with Crippen molar-refractivity contribution in [1.29, 1.82) is 0 Å². The molecule has 1 amide bonds. The Hall–Kier alpha value is -2.82. The number of hydrogen-bond acceptors (Lipinski definition) is 3. The second-order valence-electron chi connectivity index (χ2n) is 6.60. The third-order valence-corrected chi connectivity index (χ3v) is 4.99. The van der Waals surface area contributed by atoms with E-state index in [1.165, 1.54) is 0 Å². The number of anilines is 1. The number of carbonyl (C=O) groups excluding carboxylic acids is 1. The van der Waals surface area contributed by atoms with Crippen LogP contribution in [-0.4, -0.2) is 10.9 Å². The molecule has 4 rings (SSSR count). The molecule has 6 heteroatoms. The van der Waals surface area contributed by atoms with Crippen molar-refractivity contribution in [3.8, 4) is 11.5 Å². The molecule has 3 aromatic carbocycles. The molecule has 140 valence electrons. The fourth-order valence-corrected chi connectivity index (χ4v) is 3.46. The van der Waals surface area contributed by atoms with Crippen molar-refractivity contribution in [3.63, 3.8) is 0 Å². The maximum Gasteiger partial charge on any atom is 0.257 e. The molecule has 0 saturated carbocycles. The van der Waals surface area contributed by atoms with E-state index in [9.17, 15) is 4.79 Å². The van der Waals surface area contributed by atoms with Crippen LogP contribution in [0.25, 0.3) is 22.6 Å². The van der Waals surface area contributed by atoms with Crippen molar-refractivity contribution in [1.82, 2.24) is 4.98 Å². The zero-order valence-electron chi connectivity index (χ0n) is 15.2. The minimum Gasteiger partial charge on any atom is -0.436 e. The summed E-state index contributed by atoms with van der Waals surface area (Å²) in [4.78, 5) is 17.1. The number of oxazole rings is 1. The van der Waals surface area contributed by atoms with Gasteiger partial charge in [-0.2, -0.15) is 0 Å². The predicted molar refractivity (Wildman–Crippen MR) is 113 cm³/mol. The standard InChI is InChI=1S/C22H16Cl2N2O2/c1-12-3-8-20-19(9-12)26-22(28-20)14-4-7-18(13(2)10-14)25-21(27)16-6-5-15(23)11-17(16)24/h3-11H,1-2H3,(H,25,27). The lowest BCUT2D eigenvalue weighted by molar-refractivity contribution is 0.102. The summed E-state index contributed by atoms with van der Waals surface area (Å²) in [6, 6.07) is 16.3. The van der Waals surface area contributed by atoms with Crippen LogP contribution in [0.2, 0.25) is 10.0 Å². The normalized spacial score (nSPS) is 11.0. The number of carbonyl (C=O) groups is 1. The summed E-state index contributed by atoms with van der Waals surface area (Å²) in [7, 11) is 0. The summed E-state index contributed by atoms with van der Waals surface area (Å²) in [5.41, 5.74) is 5.47. The number of fused-ring (bicyclic) bond motifs is 1. The van der Waals surface area contributed by atoms with Gasteiger partial charge >= 0.3 is 0 Å². The van der Waals surface area contributed by atoms with Gasteiger partial charge in [0.25, 0.3) is 5.91 Å². The van der Waals surface area contributed by atoms with E-state index in [1.54, 1.807) is 18.2 Å². The molecule has 0 radical (unpaired) electrons. The van der Waals surface area contributed by atoms with E-state index >= 15 is 0 Å². The maximum absolute atomic E-state index is 12.5. The number of nitrogens with zero attached hydrogens (tertiary/aromatic N) is 1. The largest absolute Gasteiger partial charge is 0.436 e. The predicted octanol–water partition coefficient (Wildman–Crippen LogP) is 6.67. The van der Waals surface area contributed by atoms with Crippen LogP contribution in [0.3, 0.4) is 0 Å². The summed E-state index contributed by atoms with van der Waals surface area (Å²) in [5.74, 6) is 0.247. The molecule has 4 nitrogen and oxygen atoms in total. The number of aryl methyl sites for hydroxylation is 2. The lowest BCUT2D eigenvalue weighted by Crippen LogP contribution is -2.13. The summed E-state index contributed by atoms with van der Waals surface area (Å²) in [6.07, 6.45) is 0. The first-order chi connectivity index (χ1) is 13.4. The van der Waals surface area contributed by atoms with Gasteiger partial charge in [-0.3, -0.25) is 4.79 Å². The molecule has 0 saturated heterocycles. The highest BCUT2D eigenvalue weighted by Gasteiger charge is 2.14. The molecule has 1 N–H and O–H groups in total. The molecule has 1 heterocycles. The summed E-state index contributed by atoms with van der Waals surface area (Å²) >= 11 is 12.0. The number of hydrogen-bond donors (Lipinski definition) is 1. The average Bonchev–Trinajstić information content (AvgIpc) is 3.06. The fourth-order valence-electron chi connectivity index (χ4n) is 2.96. The molecule has 1 aromatic heterocycles. The van der Waals surface area contributed by atoms with Crippen LogP contribution >= 0.6 is 23.2 Å². The number of benzene rings is 3. The second-order valence-corrected chi connectivity index (χ2v) is 7.44. The molecule has 0 aliphatic carbocycles. The van der Waals surface area contributed by atoms with E-state index in [2.05, 4.69) is 10.3 Å². The molecule has 0 spiro atoms. The van der Waals surface area contributed by atoms with Gasteiger partial charge in [-0.15, -0.1) is 0 Å². The van der Waals surface area contributed by atoms with Crippen molar-refractivity contribution >= 4 is 45.9 Å². The topological polar surface area (TPSA) is 55.1 Å². The van der Waals surface area contributed by atoms with Crippen molar-refractivity contribution < 1.29 is 9.21 Å². The SMILES string of the molecule is Cc1ccc2oc(-c3ccc(NC(=O)c4ccc(Cl)cc4Cl)c(C)c3)nc2c1. The highest BCUT2D eigenvalue weighted by atomic mass is 35.5. The van der Waals surface area contributed by atoms with E-state index in [1.807, 2.05) is 50.2 Å². The summed E-state index contributed by atoms with van der Waals surface area (Å²) < 4.78 is 5.85. The number of aromatic nitrogens is 1. The van der Waals surface area contributed by atoms with Gasteiger partial charge in [-0.05, 0) is 73.5 Å². The van der Waals surface area contributed by atoms with Crippen LogP contribution in [0.5, 0.6) is 0 Å². The molecule has 0 bridgehead atoms. The monoisotopic (exact) mass is 410 g/mol. The van der Waals surface area contributed by atoms with Gasteiger partial charge in [0.15, 0.2) is 5.58 Å². The Morgan fingerprint density at radius 1 is 1.00 bits per heavy atom. The smallest absolute Gasteiger partial charge is 0.257 e. The average molecular weight is 411 g/mol. The van der Waals surface area contributed by atoms with E-state index in [4.69, 9.17) is 27.6 Å². The summed E-state index contributed by atoms with van der Waals surface area (Å²) in [5, 5.41) is 3.67. The Labute approximate surface area is 172 Å². The fraction of sp³-hybridized carbons (Fsp3) is 0.0909. The summed E-state index contributed by atoms with van der Waals surface area (Å²) in [6.45, 7) is 3.93. The molecule has 28 heavy (non-hydrogen) atoms. The van der Waals surface area contributed by atoms with Gasteiger partial charge in [-0.25, -0.2) is 4.98 Å². The van der Waals surface area contributed by atoms with Crippen molar-refractivity contribution in [2.75, 3.05) is 5.32 Å². The third-order valence-electron chi connectivity index (χ3n) is 4.44. The Kier molecular flexibility index (Phi) is 4.84. The highest BCUT2D eigenvalue weighted by molar-refractivity contribution is 6.37. The first-order valence-corrected chi connectivity index (χ1v) is 9.41. The van der Waals surface area contributed by atoms with Gasteiger partial charge in [0.1, 0.15) is 5.52 Å². The Balaban J connectivity index is 1.61.